The second-order valence-electron chi connectivity index (χ2n) is 7.58. The van der Waals surface area contributed by atoms with E-state index in [0.29, 0.717) is 24.7 Å². The summed E-state index contributed by atoms with van der Waals surface area (Å²) in [4.78, 5) is 14.5. The predicted molar refractivity (Wildman–Crippen MR) is 111 cm³/mol. The number of carbonyl (C=O) groups is 1. The molecule has 4 unspecified atom stereocenters. The lowest BCUT2D eigenvalue weighted by atomic mass is 10.0. The molecule has 0 aliphatic carbocycles. The Kier molecular flexibility index (Phi) is 6.18. The first-order valence-electron chi connectivity index (χ1n) is 9.88. The van der Waals surface area contributed by atoms with Crippen molar-refractivity contribution in [1.29, 1.82) is 0 Å². The molecule has 154 valence electrons. The molecule has 1 fully saturated rings. The fourth-order valence-corrected chi connectivity index (χ4v) is 4.26. The Labute approximate surface area is 175 Å². The molecule has 2 heterocycles. The zero-order valence-electron chi connectivity index (χ0n) is 16.0. The van der Waals surface area contributed by atoms with Crippen molar-refractivity contribution in [3.63, 3.8) is 0 Å². The lowest BCUT2D eigenvalue weighted by molar-refractivity contribution is -0.122. The Morgan fingerprint density at radius 2 is 1.93 bits per heavy atom. The molecule has 0 aromatic heterocycles. The lowest BCUT2D eigenvalue weighted by Gasteiger charge is -2.21. The zero-order chi connectivity index (χ0) is 20.4. The van der Waals surface area contributed by atoms with E-state index in [0.717, 1.165) is 23.2 Å². The minimum atomic E-state index is -1.09. The molecule has 4 rings (SSSR count). The Bertz CT molecular complexity index is 877. The monoisotopic (exact) mass is 416 g/mol. The molecule has 0 radical (unpaired) electrons. The molecule has 3 N–H and O–H groups in total. The number of carbonyl (C=O) groups excluding carboxylic acids is 1. The number of nitrogens with one attached hydrogen (secondary N) is 1. The average molecular weight is 417 g/mol. The summed E-state index contributed by atoms with van der Waals surface area (Å²) in [6.07, 6.45) is -2.55. The third-order valence-electron chi connectivity index (χ3n) is 5.59. The van der Waals surface area contributed by atoms with E-state index < -0.39 is 24.4 Å². The number of nitrogens with zero attached hydrogens (tertiary/aromatic N) is 1. The number of benzene rings is 2. The van der Waals surface area contributed by atoms with Gasteiger partial charge in [0.05, 0.1) is 18.6 Å². The first kappa shape index (κ1) is 20.3. The van der Waals surface area contributed by atoms with Gasteiger partial charge in [-0.3, -0.25) is 4.79 Å². The van der Waals surface area contributed by atoms with Crippen LogP contribution in [-0.4, -0.2) is 53.6 Å². The van der Waals surface area contributed by atoms with Crippen LogP contribution in [0.3, 0.4) is 0 Å². The zero-order valence-corrected chi connectivity index (χ0v) is 16.8. The van der Waals surface area contributed by atoms with Gasteiger partial charge in [0.1, 0.15) is 12.2 Å². The fraction of sp³-hybridized carbons (Fsp3) is 0.409. The molecule has 0 bridgehead atoms. The number of anilines is 1. The summed E-state index contributed by atoms with van der Waals surface area (Å²) in [6, 6.07) is 15.3. The number of aliphatic hydroxyl groups is 2. The number of amides is 1. The predicted octanol–water partition coefficient (Wildman–Crippen LogP) is 1.90. The molecule has 2 aliphatic rings. The lowest BCUT2D eigenvalue weighted by Crippen LogP contribution is -2.38. The number of para-hydroxylation sites is 1. The summed E-state index contributed by atoms with van der Waals surface area (Å²) >= 11 is 5.98. The number of halogens is 1. The van der Waals surface area contributed by atoms with Crippen molar-refractivity contribution >= 4 is 23.2 Å². The van der Waals surface area contributed by atoms with E-state index in [2.05, 4.69) is 5.32 Å². The van der Waals surface area contributed by atoms with E-state index in [-0.39, 0.29) is 12.3 Å². The van der Waals surface area contributed by atoms with Gasteiger partial charge in [-0.1, -0.05) is 41.9 Å². The molecule has 0 spiro atoms. The second kappa shape index (κ2) is 8.81. The molecule has 1 saturated heterocycles. The molecule has 2 aromatic carbocycles. The van der Waals surface area contributed by atoms with Crippen LogP contribution in [0.2, 0.25) is 5.02 Å². The van der Waals surface area contributed by atoms with Gasteiger partial charge in [0, 0.05) is 30.3 Å². The van der Waals surface area contributed by atoms with Crippen molar-refractivity contribution in [3.05, 3.63) is 64.7 Å². The van der Waals surface area contributed by atoms with E-state index in [1.165, 1.54) is 0 Å². The van der Waals surface area contributed by atoms with Crippen LogP contribution in [0.4, 0.5) is 5.69 Å². The largest absolute Gasteiger partial charge is 0.388 e. The van der Waals surface area contributed by atoms with Gasteiger partial charge in [-0.2, -0.15) is 0 Å². The molecule has 2 aliphatic heterocycles. The van der Waals surface area contributed by atoms with Gasteiger partial charge in [-0.15, -0.1) is 0 Å². The Hall–Kier alpha value is -1.96. The average Bonchev–Trinajstić information content (AvgIpc) is 3.25. The highest BCUT2D eigenvalue weighted by Crippen LogP contribution is 2.30. The molecule has 6 nitrogen and oxygen atoms in total. The number of hydrogen-bond acceptors (Lipinski definition) is 5. The highest BCUT2D eigenvalue weighted by molar-refractivity contribution is 6.30. The maximum atomic E-state index is 12.8. The fourth-order valence-electron chi connectivity index (χ4n) is 4.05. The molecule has 0 saturated carbocycles. The van der Waals surface area contributed by atoms with Crippen LogP contribution in [0.5, 0.6) is 0 Å². The van der Waals surface area contributed by atoms with Crippen molar-refractivity contribution in [3.8, 4) is 0 Å². The molecule has 7 heteroatoms. The quantitative estimate of drug-likeness (QED) is 0.670. The Morgan fingerprint density at radius 3 is 2.76 bits per heavy atom. The van der Waals surface area contributed by atoms with Crippen LogP contribution >= 0.6 is 11.6 Å². The maximum absolute atomic E-state index is 12.8. The molecule has 2 aromatic rings. The SMILES string of the molecule is O=C(CC1OC(CNCc2cccc(Cl)c2)C(O)C1O)N1CCc2ccccc21. The second-order valence-corrected chi connectivity index (χ2v) is 8.02. The summed E-state index contributed by atoms with van der Waals surface area (Å²) in [6.45, 7) is 1.56. The summed E-state index contributed by atoms with van der Waals surface area (Å²) in [7, 11) is 0. The van der Waals surface area contributed by atoms with Crippen molar-refractivity contribution in [2.75, 3.05) is 18.0 Å². The number of fused-ring (bicyclic) bond motifs is 1. The van der Waals surface area contributed by atoms with Gasteiger partial charge in [-0.05, 0) is 35.7 Å². The van der Waals surface area contributed by atoms with Gasteiger partial charge < -0.3 is 25.2 Å². The minimum absolute atomic E-state index is 0.0390. The van der Waals surface area contributed by atoms with E-state index in [1.54, 1.807) is 4.90 Å². The smallest absolute Gasteiger partial charge is 0.229 e. The first-order chi connectivity index (χ1) is 14.0. The van der Waals surface area contributed by atoms with Gasteiger partial charge in [0.2, 0.25) is 5.91 Å². The highest BCUT2D eigenvalue weighted by atomic mass is 35.5. The summed E-state index contributed by atoms with van der Waals surface area (Å²) in [5.41, 5.74) is 3.09. The highest BCUT2D eigenvalue weighted by Gasteiger charge is 2.43. The Balaban J connectivity index is 1.31. The molecule has 1 amide bonds. The van der Waals surface area contributed by atoms with Crippen molar-refractivity contribution in [1.82, 2.24) is 5.32 Å². The van der Waals surface area contributed by atoms with Crippen LogP contribution in [0, 0.1) is 0 Å². The van der Waals surface area contributed by atoms with Crippen LogP contribution in [0.1, 0.15) is 17.5 Å². The molecular weight excluding hydrogens is 392 g/mol. The van der Waals surface area contributed by atoms with Gasteiger partial charge in [0.25, 0.3) is 0 Å². The standard InChI is InChI=1S/C22H25ClN2O4/c23-16-6-3-4-14(10-16)12-24-13-19-22(28)21(27)18(29-19)11-20(26)25-9-8-15-5-1-2-7-17(15)25/h1-7,10,18-19,21-22,24,27-28H,8-9,11-13H2. The summed E-state index contributed by atoms with van der Waals surface area (Å²) in [5.74, 6) is -0.0984. The number of ether oxygens (including phenoxy) is 1. The van der Waals surface area contributed by atoms with Gasteiger partial charge in [0.15, 0.2) is 0 Å². The molecular formula is C22H25ClN2O4. The summed E-state index contributed by atoms with van der Waals surface area (Å²) < 4.78 is 5.83. The van der Waals surface area contributed by atoms with Gasteiger partial charge >= 0.3 is 0 Å². The van der Waals surface area contributed by atoms with Crippen LogP contribution in [0.25, 0.3) is 0 Å². The van der Waals surface area contributed by atoms with E-state index in [1.807, 2.05) is 48.5 Å². The third kappa shape index (κ3) is 4.47. The van der Waals surface area contributed by atoms with Crippen molar-refractivity contribution < 1.29 is 19.7 Å². The van der Waals surface area contributed by atoms with Crippen molar-refractivity contribution in [2.24, 2.45) is 0 Å². The van der Waals surface area contributed by atoms with Crippen LogP contribution in [0.15, 0.2) is 48.5 Å². The maximum Gasteiger partial charge on any atom is 0.229 e. The van der Waals surface area contributed by atoms with E-state index in [9.17, 15) is 15.0 Å². The normalized spacial score (nSPS) is 26.0. The van der Waals surface area contributed by atoms with Gasteiger partial charge in [-0.25, -0.2) is 0 Å². The minimum Gasteiger partial charge on any atom is -0.388 e. The molecule has 4 atom stereocenters. The van der Waals surface area contributed by atoms with E-state index >= 15 is 0 Å². The number of aliphatic hydroxyl groups excluding tert-OH is 2. The number of hydrogen-bond donors (Lipinski definition) is 3. The third-order valence-corrected chi connectivity index (χ3v) is 5.82. The topological polar surface area (TPSA) is 82.0 Å². The summed E-state index contributed by atoms with van der Waals surface area (Å²) in [5, 5.41) is 24.6. The van der Waals surface area contributed by atoms with Crippen LogP contribution in [-0.2, 0) is 22.5 Å². The molecule has 29 heavy (non-hydrogen) atoms. The first-order valence-corrected chi connectivity index (χ1v) is 10.3. The van der Waals surface area contributed by atoms with Crippen LogP contribution < -0.4 is 10.2 Å². The van der Waals surface area contributed by atoms with Crippen molar-refractivity contribution in [2.45, 2.75) is 43.8 Å². The van der Waals surface area contributed by atoms with E-state index in [4.69, 9.17) is 16.3 Å². The Morgan fingerprint density at radius 1 is 1.14 bits per heavy atom. The number of rotatable bonds is 6.